The van der Waals surface area contributed by atoms with Crippen LogP contribution in [0.25, 0.3) is 0 Å². The Kier molecular flexibility index (Phi) is 4.72. The van der Waals surface area contributed by atoms with Crippen molar-refractivity contribution in [2.45, 2.75) is 51.7 Å². The Bertz CT molecular complexity index is 878. The van der Waals surface area contributed by atoms with Gasteiger partial charge in [0.1, 0.15) is 12.4 Å². The van der Waals surface area contributed by atoms with E-state index >= 15 is 0 Å². The molecule has 0 radical (unpaired) electrons. The summed E-state index contributed by atoms with van der Waals surface area (Å²) in [6.07, 6.45) is 6.46. The maximum Gasteiger partial charge on any atom is 0.274 e. The zero-order valence-corrected chi connectivity index (χ0v) is 17.0. The summed E-state index contributed by atoms with van der Waals surface area (Å²) in [5.41, 5.74) is 1.03. The number of carbonyl (C=O) groups is 1. The van der Waals surface area contributed by atoms with E-state index in [2.05, 4.69) is 10.5 Å². The van der Waals surface area contributed by atoms with Crippen LogP contribution in [0.4, 0.5) is 0 Å². The van der Waals surface area contributed by atoms with E-state index in [1.54, 1.807) is 7.11 Å². The number of amides is 1. The van der Waals surface area contributed by atoms with Crippen LogP contribution >= 0.6 is 0 Å². The Hall–Kier alpha value is -2.50. The van der Waals surface area contributed by atoms with Gasteiger partial charge in [-0.2, -0.15) is 0 Å². The third-order valence-electron chi connectivity index (χ3n) is 7.17. The molecule has 6 rings (SSSR count). The molecule has 4 fully saturated rings. The molecule has 6 nitrogen and oxygen atoms in total. The lowest BCUT2D eigenvalue weighted by Gasteiger charge is -2.54. The van der Waals surface area contributed by atoms with Gasteiger partial charge in [-0.1, -0.05) is 17.3 Å². The Balaban J connectivity index is 1.30. The lowest BCUT2D eigenvalue weighted by molar-refractivity contribution is -0.0120. The normalized spacial score (nSPS) is 29.7. The number of ether oxygens (including phenoxy) is 2. The average Bonchev–Trinajstić information content (AvgIpc) is 3.09. The van der Waals surface area contributed by atoms with Gasteiger partial charge in [0.15, 0.2) is 17.2 Å². The number of nitrogens with zero attached hydrogens (tertiary/aromatic N) is 1. The molecule has 0 spiro atoms. The number of para-hydroxylation sites is 2. The van der Waals surface area contributed by atoms with Crippen LogP contribution in [0, 0.1) is 30.6 Å². The quantitative estimate of drug-likeness (QED) is 0.795. The molecular formula is C23H28N2O4. The van der Waals surface area contributed by atoms with E-state index in [-0.39, 0.29) is 18.6 Å². The lowest BCUT2D eigenvalue weighted by atomic mass is 9.54. The van der Waals surface area contributed by atoms with Crippen molar-refractivity contribution < 1.29 is 18.8 Å². The van der Waals surface area contributed by atoms with E-state index in [9.17, 15) is 4.79 Å². The molecule has 29 heavy (non-hydrogen) atoms. The predicted octanol–water partition coefficient (Wildman–Crippen LogP) is 4.13. The molecule has 1 aromatic heterocycles. The molecule has 154 valence electrons. The minimum absolute atomic E-state index is 0.141. The molecule has 0 saturated heterocycles. The van der Waals surface area contributed by atoms with E-state index in [1.165, 1.54) is 32.1 Å². The van der Waals surface area contributed by atoms with E-state index in [1.807, 2.05) is 31.2 Å². The molecule has 1 aromatic carbocycles. The number of aromatic nitrogens is 1. The first kappa shape index (κ1) is 18.5. The minimum Gasteiger partial charge on any atom is -0.493 e. The highest BCUT2D eigenvalue weighted by atomic mass is 16.5. The van der Waals surface area contributed by atoms with Crippen molar-refractivity contribution >= 4 is 5.91 Å². The van der Waals surface area contributed by atoms with Crippen LogP contribution in [0.5, 0.6) is 11.5 Å². The second-order valence-corrected chi connectivity index (χ2v) is 8.94. The summed E-state index contributed by atoms with van der Waals surface area (Å²) in [6, 6.07) is 7.74. The summed E-state index contributed by atoms with van der Waals surface area (Å²) in [7, 11) is 1.61. The summed E-state index contributed by atoms with van der Waals surface area (Å²) in [6.45, 7) is 2.02. The van der Waals surface area contributed by atoms with Crippen molar-refractivity contribution in [3.05, 3.63) is 41.3 Å². The predicted molar refractivity (Wildman–Crippen MR) is 107 cm³/mol. The van der Waals surface area contributed by atoms with Gasteiger partial charge in [-0.15, -0.1) is 0 Å². The Morgan fingerprint density at radius 2 is 1.76 bits per heavy atom. The minimum atomic E-state index is -0.141. The van der Waals surface area contributed by atoms with Crippen molar-refractivity contribution in [3.8, 4) is 11.5 Å². The zero-order valence-electron chi connectivity index (χ0n) is 17.0. The lowest BCUT2D eigenvalue weighted by Crippen LogP contribution is -2.55. The fourth-order valence-electron chi connectivity index (χ4n) is 6.01. The topological polar surface area (TPSA) is 73.6 Å². The molecule has 0 aliphatic heterocycles. The van der Waals surface area contributed by atoms with Gasteiger partial charge in [-0.25, -0.2) is 0 Å². The molecule has 4 saturated carbocycles. The van der Waals surface area contributed by atoms with Crippen molar-refractivity contribution in [2.24, 2.45) is 23.7 Å². The van der Waals surface area contributed by atoms with Crippen LogP contribution in [0.1, 0.15) is 53.9 Å². The summed E-state index contributed by atoms with van der Waals surface area (Å²) in [5, 5.41) is 7.37. The van der Waals surface area contributed by atoms with Crippen molar-refractivity contribution in [1.82, 2.24) is 10.5 Å². The smallest absolute Gasteiger partial charge is 0.274 e. The number of hydrogen-bond acceptors (Lipinski definition) is 5. The van der Waals surface area contributed by atoms with E-state index in [4.69, 9.17) is 14.0 Å². The summed E-state index contributed by atoms with van der Waals surface area (Å²) in [5.74, 6) is 4.75. The first-order valence-corrected chi connectivity index (χ1v) is 10.6. The molecule has 2 aromatic rings. The molecule has 1 N–H and O–H groups in total. The van der Waals surface area contributed by atoms with Crippen LogP contribution in [-0.2, 0) is 6.61 Å². The van der Waals surface area contributed by atoms with Crippen LogP contribution in [0.2, 0.25) is 0 Å². The van der Waals surface area contributed by atoms with E-state index < -0.39 is 0 Å². The summed E-state index contributed by atoms with van der Waals surface area (Å²) in [4.78, 5) is 13.1. The number of rotatable bonds is 6. The number of aryl methyl sites for hydroxylation is 1. The maximum atomic E-state index is 13.1. The number of benzene rings is 1. The third-order valence-corrected chi connectivity index (χ3v) is 7.17. The SMILES string of the molecule is COc1ccccc1OCc1c(C(=O)NC2C3CC4CC(C3)CC2C4)noc1C. The van der Waals surface area contributed by atoms with Crippen molar-refractivity contribution in [3.63, 3.8) is 0 Å². The Morgan fingerprint density at radius 1 is 1.10 bits per heavy atom. The Labute approximate surface area is 170 Å². The van der Waals surface area contributed by atoms with E-state index in [0.717, 1.165) is 11.8 Å². The van der Waals surface area contributed by atoms with Crippen LogP contribution in [-0.4, -0.2) is 24.2 Å². The van der Waals surface area contributed by atoms with Crippen LogP contribution in [0.15, 0.2) is 28.8 Å². The molecular weight excluding hydrogens is 368 g/mol. The third kappa shape index (κ3) is 3.38. The van der Waals surface area contributed by atoms with Crippen molar-refractivity contribution in [2.75, 3.05) is 7.11 Å². The molecule has 1 amide bonds. The molecule has 1 heterocycles. The summed E-state index contributed by atoms with van der Waals surface area (Å²) >= 11 is 0. The fourth-order valence-corrected chi connectivity index (χ4v) is 6.01. The highest BCUT2D eigenvalue weighted by Gasteiger charge is 2.48. The molecule has 0 atom stereocenters. The number of hydrogen-bond donors (Lipinski definition) is 1. The number of nitrogens with one attached hydrogen (secondary N) is 1. The largest absolute Gasteiger partial charge is 0.493 e. The van der Waals surface area contributed by atoms with Gasteiger partial charge in [-0.3, -0.25) is 4.79 Å². The Morgan fingerprint density at radius 3 is 2.41 bits per heavy atom. The van der Waals surface area contributed by atoms with Gasteiger partial charge in [0.05, 0.1) is 12.7 Å². The monoisotopic (exact) mass is 396 g/mol. The van der Waals surface area contributed by atoms with Gasteiger partial charge < -0.3 is 19.3 Å². The van der Waals surface area contributed by atoms with Crippen molar-refractivity contribution in [1.29, 1.82) is 0 Å². The van der Waals surface area contributed by atoms with Gasteiger partial charge in [0, 0.05) is 6.04 Å². The number of carbonyl (C=O) groups excluding carboxylic acids is 1. The first-order chi connectivity index (χ1) is 14.1. The van der Waals surface area contributed by atoms with E-state index in [0.29, 0.717) is 40.4 Å². The molecule has 6 heteroatoms. The highest BCUT2D eigenvalue weighted by Crippen LogP contribution is 2.53. The summed E-state index contributed by atoms with van der Waals surface area (Å²) < 4.78 is 16.6. The molecule has 4 aliphatic carbocycles. The van der Waals surface area contributed by atoms with Crippen LogP contribution < -0.4 is 14.8 Å². The molecule has 0 unspecified atom stereocenters. The first-order valence-electron chi connectivity index (χ1n) is 10.6. The van der Waals surface area contributed by atoms with Gasteiger partial charge >= 0.3 is 0 Å². The second kappa shape index (κ2) is 7.39. The van der Waals surface area contributed by atoms with Gasteiger partial charge in [0.2, 0.25) is 0 Å². The highest BCUT2D eigenvalue weighted by molar-refractivity contribution is 5.94. The molecule has 4 aliphatic rings. The maximum absolute atomic E-state index is 13.1. The second-order valence-electron chi connectivity index (χ2n) is 8.94. The number of methoxy groups -OCH3 is 1. The van der Waals surface area contributed by atoms with Gasteiger partial charge in [0.25, 0.3) is 5.91 Å². The fraction of sp³-hybridized carbons (Fsp3) is 0.565. The van der Waals surface area contributed by atoms with Gasteiger partial charge in [-0.05, 0) is 74.8 Å². The molecule has 4 bridgehead atoms. The zero-order chi connectivity index (χ0) is 20.0. The average molecular weight is 396 g/mol. The standard InChI is InChI=1S/C23H28N2O4/c1-13-18(12-28-20-6-4-3-5-19(20)27-2)22(25-29-13)23(26)24-21-16-8-14-7-15(10-16)11-17(21)9-14/h3-6,14-17,21H,7-12H2,1-2H3,(H,24,26). The van der Waals surface area contributed by atoms with Crippen LogP contribution in [0.3, 0.4) is 0 Å².